The highest BCUT2D eigenvalue weighted by Gasteiger charge is 2.00. The summed E-state index contributed by atoms with van der Waals surface area (Å²) in [5, 5.41) is 2.16. The van der Waals surface area contributed by atoms with Gasteiger partial charge in [-0.15, -0.1) is 0 Å². The van der Waals surface area contributed by atoms with Crippen molar-refractivity contribution in [2.75, 3.05) is 7.05 Å². The second-order valence-corrected chi connectivity index (χ2v) is 2.59. The van der Waals surface area contributed by atoms with Crippen molar-refractivity contribution in [1.82, 2.24) is 0 Å². The molecule has 54 valence electrons. The van der Waals surface area contributed by atoms with Crippen LogP contribution in [0.2, 0.25) is 0 Å². The van der Waals surface area contributed by atoms with Crippen LogP contribution in [0.25, 0.3) is 0 Å². The first-order valence-corrected chi connectivity index (χ1v) is 3.61. The molecule has 1 nitrogen and oxygen atoms in total. The molecule has 0 atom stereocenters. The van der Waals surface area contributed by atoms with Crippen molar-refractivity contribution in [3.05, 3.63) is 29.3 Å². The first-order valence-electron chi connectivity index (χ1n) is 3.61. The van der Waals surface area contributed by atoms with E-state index >= 15 is 0 Å². The summed E-state index contributed by atoms with van der Waals surface area (Å²) in [6.45, 7) is 4.28. The van der Waals surface area contributed by atoms with Gasteiger partial charge in [0, 0.05) is 11.1 Å². The van der Waals surface area contributed by atoms with E-state index in [0.29, 0.717) is 0 Å². The van der Waals surface area contributed by atoms with Crippen LogP contribution in [0.1, 0.15) is 11.1 Å². The van der Waals surface area contributed by atoms with Crippen LogP contribution in [0, 0.1) is 13.8 Å². The Morgan fingerprint density at radius 3 is 1.90 bits per heavy atom. The van der Waals surface area contributed by atoms with Gasteiger partial charge in [0.1, 0.15) is 5.69 Å². The van der Waals surface area contributed by atoms with Gasteiger partial charge in [-0.2, -0.15) is 0 Å². The number of aryl methyl sites for hydroxylation is 2. The molecule has 1 heteroatoms. The Hall–Kier alpha value is -0.820. The molecule has 0 aliphatic heterocycles. The largest absolute Gasteiger partial charge is 0.316 e. The highest BCUT2D eigenvalue weighted by molar-refractivity contribution is 5.44. The van der Waals surface area contributed by atoms with E-state index in [1.165, 1.54) is 16.8 Å². The summed E-state index contributed by atoms with van der Waals surface area (Å²) in [5.74, 6) is 0. The van der Waals surface area contributed by atoms with E-state index in [1.54, 1.807) is 0 Å². The van der Waals surface area contributed by atoms with E-state index < -0.39 is 0 Å². The van der Waals surface area contributed by atoms with Gasteiger partial charge >= 0.3 is 0 Å². The second kappa shape index (κ2) is 2.84. The van der Waals surface area contributed by atoms with Gasteiger partial charge in [-0.1, -0.05) is 18.2 Å². The molecule has 1 rings (SSSR count). The molecule has 0 spiro atoms. The molecule has 1 aromatic rings. The van der Waals surface area contributed by atoms with Crippen LogP contribution < -0.4 is 5.32 Å². The lowest BCUT2D eigenvalue weighted by Gasteiger charge is -2.01. The van der Waals surface area contributed by atoms with E-state index in [2.05, 4.69) is 44.4 Å². The zero-order valence-electron chi connectivity index (χ0n) is 6.81. The molecule has 0 saturated carbocycles. The van der Waals surface area contributed by atoms with Crippen molar-refractivity contribution in [3.63, 3.8) is 0 Å². The van der Waals surface area contributed by atoms with E-state index in [0.717, 1.165) is 0 Å². The Morgan fingerprint density at radius 2 is 1.60 bits per heavy atom. The van der Waals surface area contributed by atoms with Crippen molar-refractivity contribution in [2.45, 2.75) is 13.8 Å². The van der Waals surface area contributed by atoms with Crippen LogP contribution in [0.5, 0.6) is 0 Å². The lowest BCUT2D eigenvalue weighted by Crippen LogP contribution is -2.73. The standard InChI is InChI=1S/C9H13N/c1-7-5-4-6-8(2)9(7)10-3/h4-6,10H,1-3H3/p+1. The molecule has 10 heavy (non-hydrogen) atoms. The molecule has 0 amide bonds. The Morgan fingerprint density at radius 1 is 1.10 bits per heavy atom. The molecule has 0 unspecified atom stereocenters. The predicted octanol–water partition coefficient (Wildman–Crippen LogP) is 1.13. The van der Waals surface area contributed by atoms with Crippen LogP contribution in [0.4, 0.5) is 5.69 Å². The summed E-state index contributed by atoms with van der Waals surface area (Å²) >= 11 is 0. The SMILES string of the molecule is C[NH2+]c1c(C)cccc1C. The van der Waals surface area contributed by atoms with Gasteiger partial charge in [-0.3, -0.25) is 0 Å². The summed E-state index contributed by atoms with van der Waals surface area (Å²) in [7, 11) is 2.08. The number of quaternary nitrogens is 1. The fraction of sp³-hybridized carbons (Fsp3) is 0.333. The third-order valence-electron chi connectivity index (χ3n) is 1.83. The summed E-state index contributed by atoms with van der Waals surface area (Å²) in [4.78, 5) is 0. The molecule has 0 saturated heterocycles. The van der Waals surface area contributed by atoms with E-state index in [4.69, 9.17) is 0 Å². The topological polar surface area (TPSA) is 16.6 Å². The number of rotatable bonds is 1. The van der Waals surface area contributed by atoms with Gasteiger partial charge in [-0.05, 0) is 13.8 Å². The van der Waals surface area contributed by atoms with Gasteiger partial charge < -0.3 is 5.32 Å². The van der Waals surface area contributed by atoms with E-state index in [-0.39, 0.29) is 0 Å². The first kappa shape index (κ1) is 7.29. The molecule has 0 fully saturated rings. The maximum absolute atomic E-state index is 2.16. The minimum Gasteiger partial charge on any atom is -0.316 e. The minimum atomic E-state index is 1.36. The second-order valence-electron chi connectivity index (χ2n) is 2.59. The van der Waals surface area contributed by atoms with Gasteiger partial charge in [-0.25, -0.2) is 0 Å². The van der Waals surface area contributed by atoms with Crippen molar-refractivity contribution in [1.29, 1.82) is 0 Å². The molecular weight excluding hydrogens is 122 g/mol. The highest BCUT2D eigenvalue weighted by Crippen LogP contribution is 2.12. The quantitative estimate of drug-likeness (QED) is 0.557. The third-order valence-corrected chi connectivity index (χ3v) is 1.83. The van der Waals surface area contributed by atoms with Crippen molar-refractivity contribution in [2.24, 2.45) is 0 Å². The fourth-order valence-electron chi connectivity index (χ4n) is 1.28. The number of hydrogen-bond donors (Lipinski definition) is 1. The summed E-state index contributed by atoms with van der Waals surface area (Å²) < 4.78 is 0. The molecular formula is C9H14N+. The first-order chi connectivity index (χ1) is 4.75. The Balaban J connectivity index is 3.17. The molecule has 2 N–H and O–H groups in total. The van der Waals surface area contributed by atoms with Crippen LogP contribution in [0.15, 0.2) is 18.2 Å². The molecule has 0 aliphatic rings. The van der Waals surface area contributed by atoms with Crippen molar-refractivity contribution in [3.8, 4) is 0 Å². The molecule has 0 heterocycles. The lowest BCUT2D eigenvalue weighted by molar-refractivity contribution is -0.540. The normalized spacial score (nSPS) is 9.90. The van der Waals surface area contributed by atoms with Crippen molar-refractivity contribution >= 4 is 5.69 Å². The number of para-hydroxylation sites is 1. The molecule has 0 radical (unpaired) electrons. The average Bonchev–Trinajstić information content (AvgIpc) is 1.88. The van der Waals surface area contributed by atoms with Crippen LogP contribution in [-0.4, -0.2) is 7.05 Å². The minimum absolute atomic E-state index is 1.36. The smallest absolute Gasteiger partial charge is 0.135 e. The number of nitrogens with two attached hydrogens (primary N) is 1. The van der Waals surface area contributed by atoms with Gasteiger partial charge in [0.2, 0.25) is 0 Å². The maximum Gasteiger partial charge on any atom is 0.135 e. The third kappa shape index (κ3) is 1.19. The predicted molar refractivity (Wildman–Crippen MR) is 43.4 cm³/mol. The van der Waals surface area contributed by atoms with Gasteiger partial charge in [0.05, 0.1) is 7.05 Å². The Labute approximate surface area is 62.1 Å². The Kier molecular flexibility index (Phi) is 2.07. The zero-order valence-corrected chi connectivity index (χ0v) is 6.81. The van der Waals surface area contributed by atoms with E-state index in [1.807, 2.05) is 0 Å². The molecule has 0 aliphatic carbocycles. The highest BCUT2D eigenvalue weighted by atomic mass is 14.8. The average molecular weight is 136 g/mol. The number of hydrogen-bond acceptors (Lipinski definition) is 0. The van der Waals surface area contributed by atoms with Gasteiger partial charge in [0.25, 0.3) is 0 Å². The molecule has 0 bridgehead atoms. The summed E-state index contributed by atoms with van der Waals surface area (Å²) in [5.41, 5.74) is 4.10. The summed E-state index contributed by atoms with van der Waals surface area (Å²) in [6.07, 6.45) is 0. The van der Waals surface area contributed by atoms with Crippen molar-refractivity contribution < 1.29 is 5.32 Å². The van der Waals surface area contributed by atoms with Crippen LogP contribution >= 0.6 is 0 Å². The number of benzene rings is 1. The molecule has 0 aromatic heterocycles. The maximum atomic E-state index is 2.16. The van der Waals surface area contributed by atoms with Gasteiger partial charge in [0.15, 0.2) is 0 Å². The molecule has 1 aromatic carbocycles. The van der Waals surface area contributed by atoms with Crippen LogP contribution in [-0.2, 0) is 0 Å². The van der Waals surface area contributed by atoms with Crippen LogP contribution in [0.3, 0.4) is 0 Å². The monoisotopic (exact) mass is 136 g/mol. The lowest BCUT2D eigenvalue weighted by atomic mass is 10.1. The Bertz CT molecular complexity index is 208. The van der Waals surface area contributed by atoms with E-state index in [9.17, 15) is 0 Å². The fourth-order valence-corrected chi connectivity index (χ4v) is 1.28. The zero-order chi connectivity index (χ0) is 7.56. The summed E-state index contributed by atoms with van der Waals surface area (Å²) in [6, 6.07) is 6.38.